The Morgan fingerprint density at radius 3 is 2.37 bits per heavy atom. The minimum Gasteiger partial charge on any atom is -0.444 e. The lowest BCUT2D eigenvalue weighted by molar-refractivity contribution is 0.00565. The van der Waals surface area contributed by atoms with Crippen molar-refractivity contribution in [3.63, 3.8) is 0 Å². The van der Waals surface area contributed by atoms with Crippen LogP contribution in [0.25, 0.3) is 22.7 Å². The van der Waals surface area contributed by atoms with Gasteiger partial charge in [0.2, 0.25) is 5.89 Å². The topological polar surface area (TPSA) is 102 Å². The van der Waals surface area contributed by atoms with Crippen molar-refractivity contribution in [1.29, 1.82) is 0 Å². The highest BCUT2D eigenvalue weighted by atomic mass is 19.3. The number of aromatic nitrogens is 5. The molecule has 3 heterocycles. The van der Waals surface area contributed by atoms with Crippen LogP contribution in [0.4, 0.5) is 19.3 Å². The highest BCUT2D eigenvalue weighted by Crippen LogP contribution is 2.28. The molecule has 0 unspecified atom stereocenters. The molecular weight excluding hydrogens is 532 g/mol. The first-order valence-electron chi connectivity index (χ1n) is 13.4. The molecule has 12 heteroatoms. The minimum atomic E-state index is -2.81. The third-order valence-electron chi connectivity index (χ3n) is 6.74. The fourth-order valence-corrected chi connectivity index (χ4v) is 4.96. The van der Waals surface area contributed by atoms with Crippen molar-refractivity contribution >= 4 is 11.8 Å². The molecule has 5 rings (SSSR count). The molecule has 10 nitrogen and oxygen atoms in total. The van der Waals surface area contributed by atoms with Crippen LogP contribution in [0, 0.1) is 0 Å². The third kappa shape index (κ3) is 6.53. The molecule has 41 heavy (non-hydrogen) atoms. The lowest BCUT2D eigenvalue weighted by Crippen LogP contribution is -2.59. The van der Waals surface area contributed by atoms with E-state index in [0.29, 0.717) is 25.2 Å². The molecule has 1 aliphatic heterocycles. The summed E-state index contributed by atoms with van der Waals surface area (Å²) < 4.78 is 37.8. The first-order valence-corrected chi connectivity index (χ1v) is 13.4. The Labute approximate surface area is 236 Å². The summed E-state index contributed by atoms with van der Waals surface area (Å²) in [7, 11) is 0. The lowest BCUT2D eigenvalue weighted by atomic mass is 10.1. The molecule has 1 fully saturated rings. The van der Waals surface area contributed by atoms with Crippen LogP contribution in [0.15, 0.2) is 59.1 Å². The molecular formula is C29H33F2N7O3. The summed E-state index contributed by atoms with van der Waals surface area (Å²) in [6.07, 6.45) is -1.21. The van der Waals surface area contributed by atoms with Gasteiger partial charge >= 0.3 is 12.5 Å². The summed E-state index contributed by atoms with van der Waals surface area (Å²) in [5.41, 5.74) is 3.68. The van der Waals surface area contributed by atoms with E-state index in [2.05, 4.69) is 37.5 Å². The second kappa shape index (κ2) is 11.3. The van der Waals surface area contributed by atoms with Gasteiger partial charge in [-0.25, -0.2) is 9.48 Å². The highest BCUT2D eigenvalue weighted by Gasteiger charge is 2.35. The highest BCUT2D eigenvalue weighted by molar-refractivity contribution is 5.70. The number of halogens is 2. The number of hydrogen-bond acceptors (Lipinski definition) is 8. The van der Waals surface area contributed by atoms with Crippen LogP contribution in [0.1, 0.15) is 52.5 Å². The number of hydrogen-bond donors (Lipinski definition) is 0. The minimum absolute atomic E-state index is 0.0179. The van der Waals surface area contributed by atoms with Crippen molar-refractivity contribution in [2.75, 3.05) is 18.0 Å². The van der Waals surface area contributed by atoms with Crippen LogP contribution in [-0.2, 0) is 11.3 Å². The number of benzene rings is 2. The molecule has 2 aromatic heterocycles. The van der Waals surface area contributed by atoms with Gasteiger partial charge in [0, 0.05) is 29.9 Å². The molecule has 1 aliphatic rings. The molecule has 0 aliphatic carbocycles. The van der Waals surface area contributed by atoms with Crippen molar-refractivity contribution in [2.24, 2.45) is 0 Å². The first-order chi connectivity index (χ1) is 19.5. The standard InChI is InChI=1S/C29H33F2N7O3/c1-18-14-36(15-19(2)38(18)28(39)41-29(3,4)5)23-8-6-7-22(13-23)24-17-37(35-32-24)16-20-9-11-21(12-10-20)26-33-34-27(40-26)25(30)31/h6-13,17-19,25H,14-16H2,1-5H3/t18-,19+. The zero-order chi connectivity index (χ0) is 29.3. The van der Waals surface area contributed by atoms with E-state index in [9.17, 15) is 13.6 Å². The molecule has 0 radical (unpaired) electrons. The van der Waals surface area contributed by atoms with Gasteiger partial charge in [-0.3, -0.25) is 4.90 Å². The van der Waals surface area contributed by atoms with Crippen LogP contribution in [0.2, 0.25) is 0 Å². The molecule has 1 saturated heterocycles. The molecule has 1 amide bonds. The van der Waals surface area contributed by atoms with Gasteiger partial charge in [0.25, 0.3) is 5.89 Å². The maximum absolute atomic E-state index is 12.8. The summed E-state index contributed by atoms with van der Waals surface area (Å²) in [4.78, 5) is 16.9. The number of carbonyl (C=O) groups excluding carboxylic acids is 1. The maximum atomic E-state index is 12.8. The second-order valence-electron chi connectivity index (χ2n) is 11.3. The molecule has 2 atom stereocenters. The van der Waals surface area contributed by atoms with Gasteiger partial charge in [0.05, 0.1) is 24.8 Å². The third-order valence-corrected chi connectivity index (χ3v) is 6.74. The predicted octanol–water partition coefficient (Wildman–Crippen LogP) is 5.82. The number of anilines is 1. The van der Waals surface area contributed by atoms with Gasteiger partial charge in [0.1, 0.15) is 11.3 Å². The summed E-state index contributed by atoms with van der Waals surface area (Å²) >= 11 is 0. The summed E-state index contributed by atoms with van der Waals surface area (Å²) in [5, 5.41) is 15.7. The first kappa shape index (κ1) is 28.2. The summed E-state index contributed by atoms with van der Waals surface area (Å²) in [6.45, 7) is 11.5. The van der Waals surface area contributed by atoms with Crippen molar-refractivity contribution in [3.8, 4) is 22.7 Å². The van der Waals surface area contributed by atoms with E-state index in [0.717, 1.165) is 22.5 Å². The second-order valence-corrected chi connectivity index (χ2v) is 11.3. The molecule has 0 spiro atoms. The number of ether oxygens (including phenoxy) is 1. The number of piperazine rings is 1. The van der Waals surface area contributed by atoms with E-state index in [-0.39, 0.29) is 24.1 Å². The Morgan fingerprint density at radius 1 is 1.02 bits per heavy atom. The van der Waals surface area contributed by atoms with Crippen LogP contribution in [0.3, 0.4) is 0 Å². The predicted molar refractivity (Wildman–Crippen MR) is 148 cm³/mol. The Bertz CT molecular complexity index is 1480. The quantitative estimate of drug-likeness (QED) is 0.288. The van der Waals surface area contributed by atoms with Crippen molar-refractivity contribution in [3.05, 3.63) is 66.2 Å². The van der Waals surface area contributed by atoms with Crippen LogP contribution in [-0.4, -0.2) is 67.0 Å². The lowest BCUT2D eigenvalue weighted by Gasteiger charge is -2.45. The number of nitrogens with zero attached hydrogens (tertiary/aromatic N) is 7. The zero-order valence-electron chi connectivity index (χ0n) is 23.7. The fourth-order valence-electron chi connectivity index (χ4n) is 4.96. The van der Waals surface area contributed by atoms with E-state index in [4.69, 9.17) is 9.15 Å². The Morgan fingerprint density at radius 2 is 1.73 bits per heavy atom. The molecule has 0 bridgehead atoms. The Hall–Kier alpha value is -4.35. The average molecular weight is 566 g/mol. The maximum Gasteiger partial charge on any atom is 0.410 e. The average Bonchev–Trinajstić information content (AvgIpc) is 3.58. The van der Waals surface area contributed by atoms with Gasteiger partial charge in [-0.05, 0) is 64.4 Å². The SMILES string of the molecule is C[C@@H]1CN(c2cccc(-c3cn(Cc4ccc(-c5nnc(C(F)F)o5)cc4)nn3)c2)C[C@H](C)N1C(=O)OC(C)(C)C. The molecule has 216 valence electrons. The van der Waals surface area contributed by atoms with E-state index in [1.165, 1.54) is 0 Å². The fraction of sp³-hybridized carbons (Fsp3) is 0.414. The summed E-state index contributed by atoms with van der Waals surface area (Å²) in [6, 6.07) is 15.3. The summed E-state index contributed by atoms with van der Waals surface area (Å²) in [5.74, 6) is -0.653. The molecule has 4 aromatic rings. The van der Waals surface area contributed by atoms with E-state index < -0.39 is 17.9 Å². The number of carbonyl (C=O) groups is 1. The smallest absolute Gasteiger partial charge is 0.410 e. The van der Waals surface area contributed by atoms with E-state index in [1.54, 1.807) is 16.8 Å². The van der Waals surface area contributed by atoms with Crippen LogP contribution in [0.5, 0.6) is 0 Å². The number of alkyl halides is 2. The number of amides is 1. The monoisotopic (exact) mass is 565 g/mol. The molecule has 2 aromatic carbocycles. The zero-order valence-corrected chi connectivity index (χ0v) is 23.7. The number of rotatable bonds is 6. The van der Waals surface area contributed by atoms with Gasteiger partial charge < -0.3 is 14.1 Å². The van der Waals surface area contributed by atoms with Crippen LogP contribution >= 0.6 is 0 Å². The van der Waals surface area contributed by atoms with Crippen molar-refractivity contribution in [2.45, 2.75) is 65.3 Å². The van der Waals surface area contributed by atoms with Crippen molar-refractivity contribution in [1.82, 2.24) is 30.1 Å². The Kier molecular flexibility index (Phi) is 7.74. The van der Waals surface area contributed by atoms with Gasteiger partial charge in [-0.15, -0.1) is 15.3 Å². The van der Waals surface area contributed by atoms with Crippen LogP contribution < -0.4 is 4.90 Å². The van der Waals surface area contributed by atoms with Gasteiger partial charge in [0.15, 0.2) is 0 Å². The van der Waals surface area contributed by atoms with E-state index in [1.807, 2.05) is 70.0 Å². The normalized spacial score (nSPS) is 17.8. The van der Waals surface area contributed by atoms with E-state index >= 15 is 0 Å². The van der Waals surface area contributed by atoms with Gasteiger partial charge in [-0.1, -0.05) is 29.5 Å². The van der Waals surface area contributed by atoms with Crippen molar-refractivity contribution < 1.29 is 22.7 Å². The molecule has 0 N–H and O–H groups in total. The Balaban J connectivity index is 1.24. The largest absolute Gasteiger partial charge is 0.444 e. The molecule has 0 saturated carbocycles. The van der Waals surface area contributed by atoms with Gasteiger partial charge in [-0.2, -0.15) is 8.78 Å².